The highest BCUT2D eigenvalue weighted by atomic mass is 35.5. The van der Waals surface area contributed by atoms with Crippen molar-refractivity contribution < 1.29 is 0 Å². The minimum atomic E-state index is 0.465. The maximum atomic E-state index is 5.80. The molecule has 0 amide bonds. The summed E-state index contributed by atoms with van der Waals surface area (Å²) in [5, 5.41) is 0.810. The molecule has 1 nitrogen and oxygen atoms in total. The van der Waals surface area contributed by atoms with E-state index < -0.39 is 0 Å². The molecular weight excluding hydrogens is 134 g/mol. The Bertz CT molecular complexity index is 191. The predicted octanol–water partition coefficient (Wildman–Crippen LogP) is 2.72. The predicted molar refractivity (Wildman–Crippen MR) is 39.8 cm³/mol. The number of hydrogen-bond acceptors (Lipinski definition) is 0. The van der Waals surface area contributed by atoms with Crippen LogP contribution in [0.5, 0.6) is 0 Å². The van der Waals surface area contributed by atoms with Crippen LogP contribution in [-0.4, -0.2) is 4.57 Å². The van der Waals surface area contributed by atoms with Gasteiger partial charge in [-0.25, -0.2) is 0 Å². The molecule has 0 saturated carbocycles. The third-order valence-electron chi connectivity index (χ3n) is 1.28. The van der Waals surface area contributed by atoms with Crippen molar-refractivity contribution in [1.82, 2.24) is 4.57 Å². The number of aromatic nitrogens is 1. The average Bonchev–Trinajstić information content (AvgIpc) is 2.13. The van der Waals surface area contributed by atoms with E-state index in [-0.39, 0.29) is 0 Å². The molecule has 0 aromatic carbocycles. The van der Waals surface area contributed by atoms with E-state index in [0.29, 0.717) is 6.04 Å². The topological polar surface area (TPSA) is 4.93 Å². The summed E-state index contributed by atoms with van der Waals surface area (Å²) in [6, 6.07) is 4.30. The van der Waals surface area contributed by atoms with E-state index in [1.54, 1.807) is 0 Å². The molecule has 0 atom stereocenters. The molecule has 0 unspecified atom stereocenters. The van der Waals surface area contributed by atoms with Crippen molar-refractivity contribution in [2.45, 2.75) is 19.9 Å². The van der Waals surface area contributed by atoms with Crippen molar-refractivity contribution in [3.05, 3.63) is 23.5 Å². The molecule has 1 rings (SSSR count). The molecule has 0 N–H and O–H groups in total. The first-order valence-electron chi connectivity index (χ1n) is 3.04. The van der Waals surface area contributed by atoms with Crippen LogP contribution < -0.4 is 0 Å². The van der Waals surface area contributed by atoms with Crippen LogP contribution in [0.25, 0.3) is 0 Å². The van der Waals surface area contributed by atoms with E-state index in [0.717, 1.165) is 5.15 Å². The molecule has 0 aliphatic heterocycles. The highest BCUT2D eigenvalue weighted by Crippen LogP contribution is 2.14. The molecule has 0 fully saturated rings. The lowest BCUT2D eigenvalue weighted by atomic mass is 10.4. The Morgan fingerprint density at radius 3 is 2.44 bits per heavy atom. The Labute approximate surface area is 60.2 Å². The third kappa shape index (κ3) is 1.28. The fourth-order valence-electron chi connectivity index (χ4n) is 0.791. The van der Waals surface area contributed by atoms with Crippen LogP contribution in [0.2, 0.25) is 5.15 Å². The molecule has 0 spiro atoms. The summed E-state index contributed by atoms with van der Waals surface area (Å²) in [5.74, 6) is 0. The molecule has 0 saturated heterocycles. The van der Waals surface area contributed by atoms with Gasteiger partial charge in [-0.05, 0) is 26.0 Å². The Morgan fingerprint density at radius 2 is 2.22 bits per heavy atom. The first kappa shape index (κ1) is 6.69. The van der Waals surface area contributed by atoms with Crippen LogP contribution in [0.3, 0.4) is 0 Å². The second-order valence-electron chi connectivity index (χ2n) is 2.33. The van der Waals surface area contributed by atoms with Gasteiger partial charge in [-0.1, -0.05) is 11.6 Å². The minimum absolute atomic E-state index is 0.465. The van der Waals surface area contributed by atoms with Crippen molar-refractivity contribution in [3.63, 3.8) is 0 Å². The van der Waals surface area contributed by atoms with Crippen molar-refractivity contribution in [1.29, 1.82) is 0 Å². The second-order valence-corrected chi connectivity index (χ2v) is 2.72. The lowest BCUT2D eigenvalue weighted by Crippen LogP contribution is -1.97. The zero-order valence-corrected chi connectivity index (χ0v) is 6.39. The Morgan fingerprint density at radius 1 is 1.56 bits per heavy atom. The number of halogens is 1. The third-order valence-corrected chi connectivity index (χ3v) is 1.60. The largest absolute Gasteiger partial charge is 0.336 e. The van der Waals surface area contributed by atoms with E-state index in [2.05, 4.69) is 13.8 Å². The van der Waals surface area contributed by atoms with E-state index in [1.165, 1.54) is 0 Å². The zero-order valence-electron chi connectivity index (χ0n) is 5.63. The monoisotopic (exact) mass is 143 g/mol. The smallest absolute Gasteiger partial charge is 0.109 e. The molecule has 2 heteroatoms. The minimum Gasteiger partial charge on any atom is -0.336 e. The Hall–Kier alpha value is -0.430. The maximum Gasteiger partial charge on any atom is 0.109 e. The SMILES string of the molecule is CC(C)n1cccc1Cl. The lowest BCUT2D eigenvalue weighted by molar-refractivity contribution is 0.604. The van der Waals surface area contributed by atoms with Gasteiger partial charge < -0.3 is 4.57 Å². The quantitative estimate of drug-likeness (QED) is 0.570. The lowest BCUT2D eigenvalue weighted by Gasteiger charge is -2.07. The van der Waals surface area contributed by atoms with E-state index in [1.807, 2.05) is 22.9 Å². The summed E-state index contributed by atoms with van der Waals surface area (Å²) in [5.41, 5.74) is 0. The fourth-order valence-corrected chi connectivity index (χ4v) is 1.12. The molecular formula is C7H10ClN. The molecule has 1 aromatic heterocycles. The summed E-state index contributed by atoms with van der Waals surface area (Å²) in [6.07, 6.45) is 1.98. The summed E-state index contributed by atoms with van der Waals surface area (Å²) in [7, 11) is 0. The van der Waals surface area contributed by atoms with Crippen molar-refractivity contribution >= 4 is 11.6 Å². The van der Waals surface area contributed by atoms with Gasteiger partial charge >= 0.3 is 0 Å². The molecule has 1 heterocycles. The summed E-state index contributed by atoms with van der Waals surface area (Å²) in [6.45, 7) is 4.21. The van der Waals surface area contributed by atoms with E-state index in [9.17, 15) is 0 Å². The number of hydrogen-bond donors (Lipinski definition) is 0. The first-order valence-corrected chi connectivity index (χ1v) is 3.42. The molecule has 0 radical (unpaired) electrons. The highest BCUT2D eigenvalue weighted by molar-refractivity contribution is 6.29. The standard InChI is InChI=1S/C7H10ClN/c1-6(2)9-5-3-4-7(9)8/h3-6H,1-2H3. The van der Waals surface area contributed by atoms with Gasteiger partial charge in [0.1, 0.15) is 5.15 Å². The molecule has 0 aliphatic carbocycles. The van der Waals surface area contributed by atoms with Gasteiger partial charge in [-0.3, -0.25) is 0 Å². The highest BCUT2D eigenvalue weighted by Gasteiger charge is 1.98. The van der Waals surface area contributed by atoms with Crippen LogP contribution in [0.15, 0.2) is 18.3 Å². The normalized spacial score (nSPS) is 10.7. The summed E-state index contributed by atoms with van der Waals surface area (Å²) < 4.78 is 2.02. The molecule has 50 valence electrons. The van der Waals surface area contributed by atoms with Gasteiger partial charge in [-0.2, -0.15) is 0 Å². The number of nitrogens with zero attached hydrogens (tertiary/aromatic N) is 1. The zero-order chi connectivity index (χ0) is 6.85. The maximum absolute atomic E-state index is 5.80. The Kier molecular flexibility index (Phi) is 1.81. The summed E-state index contributed by atoms with van der Waals surface area (Å²) in [4.78, 5) is 0. The van der Waals surface area contributed by atoms with E-state index >= 15 is 0 Å². The number of rotatable bonds is 1. The van der Waals surface area contributed by atoms with Gasteiger partial charge in [0, 0.05) is 12.2 Å². The summed E-state index contributed by atoms with van der Waals surface area (Å²) >= 11 is 5.80. The van der Waals surface area contributed by atoms with Gasteiger partial charge in [-0.15, -0.1) is 0 Å². The average molecular weight is 144 g/mol. The van der Waals surface area contributed by atoms with Gasteiger partial charge in [0.25, 0.3) is 0 Å². The van der Waals surface area contributed by atoms with Crippen molar-refractivity contribution in [3.8, 4) is 0 Å². The van der Waals surface area contributed by atoms with Crippen LogP contribution in [0.4, 0.5) is 0 Å². The van der Waals surface area contributed by atoms with Crippen LogP contribution in [0, 0.1) is 0 Å². The molecule has 9 heavy (non-hydrogen) atoms. The molecule has 0 aliphatic rings. The Balaban J connectivity index is 2.94. The molecule has 1 aromatic rings. The first-order chi connectivity index (χ1) is 4.22. The van der Waals surface area contributed by atoms with Crippen LogP contribution >= 0.6 is 11.6 Å². The van der Waals surface area contributed by atoms with E-state index in [4.69, 9.17) is 11.6 Å². The van der Waals surface area contributed by atoms with Gasteiger partial charge in [0.15, 0.2) is 0 Å². The van der Waals surface area contributed by atoms with Crippen molar-refractivity contribution in [2.24, 2.45) is 0 Å². The van der Waals surface area contributed by atoms with Crippen LogP contribution in [-0.2, 0) is 0 Å². The van der Waals surface area contributed by atoms with Crippen LogP contribution in [0.1, 0.15) is 19.9 Å². The van der Waals surface area contributed by atoms with Gasteiger partial charge in [0.2, 0.25) is 0 Å². The van der Waals surface area contributed by atoms with Crippen molar-refractivity contribution in [2.75, 3.05) is 0 Å². The second kappa shape index (κ2) is 2.44. The molecule has 0 bridgehead atoms. The fraction of sp³-hybridized carbons (Fsp3) is 0.429. The van der Waals surface area contributed by atoms with Gasteiger partial charge in [0.05, 0.1) is 0 Å².